The number of rotatable bonds is 9. The zero-order valence-corrected chi connectivity index (χ0v) is 25.4. The molecule has 4 aromatic rings. The number of hydrogen-bond donors (Lipinski definition) is 3. The molecule has 0 radical (unpaired) electrons. The molecule has 12 heteroatoms. The number of hydrogen-bond acceptors (Lipinski definition) is 8. The van der Waals surface area contributed by atoms with E-state index >= 15 is 0 Å². The average molecular weight is 608 g/mol. The third-order valence-corrected chi connectivity index (χ3v) is 7.88. The Morgan fingerprint density at radius 2 is 1.80 bits per heavy atom. The van der Waals surface area contributed by atoms with Crippen LogP contribution in [0.25, 0.3) is 0 Å². The number of likely N-dealkylation sites (N-methyl/N-ethyl adjacent to an activating group) is 1. The van der Waals surface area contributed by atoms with Crippen LogP contribution in [0.4, 0.5) is 39.3 Å². The first-order valence-corrected chi connectivity index (χ1v) is 15.1. The maximum atomic E-state index is 14.1. The number of nitrogens with one attached hydrogen (secondary N) is 2. The second-order valence-electron chi connectivity index (χ2n) is 11.6. The summed E-state index contributed by atoms with van der Waals surface area (Å²) in [5.74, 6) is 0.519. The summed E-state index contributed by atoms with van der Waals surface area (Å²) in [6.07, 6.45) is 11.7. The quantitative estimate of drug-likeness (QED) is 0.221. The van der Waals surface area contributed by atoms with Gasteiger partial charge in [0.05, 0.1) is 36.3 Å². The number of aliphatic hydroxyl groups is 1. The van der Waals surface area contributed by atoms with E-state index in [2.05, 4.69) is 20.7 Å². The monoisotopic (exact) mass is 607 g/mol. The van der Waals surface area contributed by atoms with Crippen LogP contribution in [0.2, 0.25) is 0 Å². The van der Waals surface area contributed by atoms with E-state index in [9.17, 15) is 14.7 Å². The highest BCUT2D eigenvalue weighted by molar-refractivity contribution is 6.10. The van der Waals surface area contributed by atoms with Gasteiger partial charge in [0.25, 0.3) is 0 Å². The minimum Gasteiger partial charge on any atom is -0.393 e. The van der Waals surface area contributed by atoms with Crippen molar-refractivity contribution in [1.29, 1.82) is 0 Å². The number of carbonyl (C=O) groups is 2. The number of aromatic nitrogens is 4. The smallest absolute Gasteiger partial charge is 0.335 e. The van der Waals surface area contributed by atoms with Gasteiger partial charge < -0.3 is 20.6 Å². The van der Waals surface area contributed by atoms with E-state index in [1.54, 1.807) is 46.5 Å². The summed E-state index contributed by atoms with van der Waals surface area (Å²) in [6.45, 7) is 0.941. The minimum atomic E-state index is -0.278. The van der Waals surface area contributed by atoms with Crippen LogP contribution in [0.3, 0.4) is 0 Å². The van der Waals surface area contributed by atoms with E-state index in [1.165, 1.54) is 6.08 Å². The number of anilines is 6. The molecule has 3 amide bonds. The number of nitrogens with zero attached hydrogens (tertiary/aromatic N) is 7. The van der Waals surface area contributed by atoms with Gasteiger partial charge in [0.1, 0.15) is 0 Å². The van der Waals surface area contributed by atoms with Crippen LogP contribution >= 0.6 is 0 Å². The molecule has 0 saturated heterocycles. The van der Waals surface area contributed by atoms with Gasteiger partial charge in [-0.25, -0.2) is 14.7 Å². The first-order valence-electron chi connectivity index (χ1n) is 15.1. The molecule has 0 spiro atoms. The molecular weight excluding hydrogens is 570 g/mol. The van der Waals surface area contributed by atoms with Crippen molar-refractivity contribution in [3.63, 3.8) is 0 Å². The number of carbonyl (C=O) groups excluding carboxylic acids is 2. The molecule has 45 heavy (non-hydrogen) atoms. The first-order chi connectivity index (χ1) is 21.8. The number of amides is 3. The first kappa shape index (κ1) is 30.0. The van der Waals surface area contributed by atoms with Gasteiger partial charge >= 0.3 is 6.03 Å². The van der Waals surface area contributed by atoms with Crippen molar-refractivity contribution in [3.8, 4) is 0 Å². The van der Waals surface area contributed by atoms with Gasteiger partial charge in [-0.15, -0.1) is 0 Å². The van der Waals surface area contributed by atoms with Gasteiger partial charge in [0.15, 0.2) is 5.82 Å². The predicted molar refractivity (Wildman–Crippen MR) is 174 cm³/mol. The molecule has 0 atom stereocenters. The van der Waals surface area contributed by atoms with Gasteiger partial charge in [-0.05, 0) is 70.1 Å². The summed E-state index contributed by atoms with van der Waals surface area (Å²) >= 11 is 0. The maximum absolute atomic E-state index is 14.1. The number of fused-ring (bicyclic) bond motifs is 1. The Hall–Kier alpha value is -5.07. The Bertz CT molecular complexity index is 1680. The fourth-order valence-electron chi connectivity index (χ4n) is 5.59. The van der Waals surface area contributed by atoms with Crippen molar-refractivity contribution < 1.29 is 14.7 Å². The van der Waals surface area contributed by atoms with Crippen molar-refractivity contribution in [3.05, 3.63) is 90.9 Å². The Morgan fingerprint density at radius 3 is 2.58 bits per heavy atom. The van der Waals surface area contributed by atoms with Gasteiger partial charge in [0, 0.05) is 42.0 Å². The van der Waals surface area contributed by atoms with E-state index in [1.807, 2.05) is 66.3 Å². The van der Waals surface area contributed by atoms with Crippen LogP contribution < -0.4 is 20.4 Å². The average Bonchev–Trinajstić information content (AvgIpc) is 3.50. The highest BCUT2D eigenvalue weighted by Crippen LogP contribution is 2.37. The van der Waals surface area contributed by atoms with Crippen molar-refractivity contribution in [2.45, 2.75) is 44.4 Å². The third kappa shape index (κ3) is 7.03. The van der Waals surface area contributed by atoms with Crippen molar-refractivity contribution in [2.75, 3.05) is 41.1 Å². The molecule has 232 valence electrons. The molecule has 1 fully saturated rings. The maximum Gasteiger partial charge on any atom is 0.335 e. The molecule has 2 aliphatic rings. The highest BCUT2D eigenvalue weighted by Gasteiger charge is 2.34. The molecule has 1 aliphatic heterocycles. The SMILES string of the molecule is CN(C)C/C=C/C(=O)Nc1cccc(N2C(=O)N(c3ccccc3)Cc3cnc(Nc4cnn(C5CCC(O)CC5)c4)nc32)c1. The second kappa shape index (κ2) is 13.3. The number of aliphatic hydroxyl groups excluding tert-OH is 1. The summed E-state index contributed by atoms with van der Waals surface area (Å²) in [5.41, 5.74) is 3.34. The van der Waals surface area contributed by atoms with Gasteiger partial charge in [-0.2, -0.15) is 10.1 Å². The van der Waals surface area contributed by atoms with Gasteiger partial charge in [-0.3, -0.25) is 14.4 Å². The standard InChI is InChI=1S/C33H37N9O3/c1-39(2)17-7-12-30(44)36-24-8-6-11-28(18-24)42-31-23(21-40(33(42)45)26-9-4-3-5-10-26)19-34-32(38-31)37-25-20-35-41(22-25)27-13-15-29(43)16-14-27/h3-12,18-20,22,27,29,43H,13-17,21H2,1-2H3,(H,36,44)(H,34,37,38)/b12-7+. The largest absolute Gasteiger partial charge is 0.393 e. The molecule has 0 bridgehead atoms. The number of urea groups is 1. The van der Waals surface area contributed by atoms with Crippen LogP contribution in [0, 0.1) is 0 Å². The number of benzene rings is 2. The molecule has 2 aromatic carbocycles. The fourth-order valence-corrected chi connectivity index (χ4v) is 5.59. The molecular formula is C33H37N9O3. The second-order valence-corrected chi connectivity index (χ2v) is 11.6. The Morgan fingerprint density at radius 1 is 1.02 bits per heavy atom. The van der Waals surface area contributed by atoms with Crippen LogP contribution in [-0.4, -0.2) is 68.4 Å². The summed E-state index contributed by atoms with van der Waals surface area (Å²) in [7, 11) is 3.86. The highest BCUT2D eigenvalue weighted by atomic mass is 16.3. The minimum absolute atomic E-state index is 0.233. The zero-order chi connectivity index (χ0) is 31.3. The van der Waals surface area contributed by atoms with E-state index in [0.717, 1.165) is 42.6 Å². The van der Waals surface area contributed by atoms with Gasteiger partial charge in [0.2, 0.25) is 11.9 Å². The molecule has 3 N–H and O–H groups in total. The predicted octanol–water partition coefficient (Wildman–Crippen LogP) is 5.23. The molecule has 1 saturated carbocycles. The van der Waals surface area contributed by atoms with E-state index in [4.69, 9.17) is 4.98 Å². The lowest BCUT2D eigenvalue weighted by molar-refractivity contribution is -0.111. The molecule has 0 unspecified atom stereocenters. The van der Waals surface area contributed by atoms with E-state index in [0.29, 0.717) is 36.2 Å². The Labute approximate surface area is 262 Å². The van der Waals surface area contributed by atoms with Crippen LogP contribution in [-0.2, 0) is 11.3 Å². The van der Waals surface area contributed by atoms with Crippen molar-refractivity contribution in [2.24, 2.45) is 0 Å². The summed E-state index contributed by atoms with van der Waals surface area (Å²) in [5, 5.41) is 20.5. The van der Waals surface area contributed by atoms with Crippen molar-refractivity contribution >= 4 is 46.5 Å². The van der Waals surface area contributed by atoms with Gasteiger partial charge in [-0.1, -0.05) is 30.3 Å². The molecule has 12 nitrogen and oxygen atoms in total. The Kier molecular flexibility index (Phi) is 8.85. The van der Waals surface area contributed by atoms with E-state index < -0.39 is 0 Å². The zero-order valence-electron chi connectivity index (χ0n) is 25.4. The molecule has 3 heterocycles. The van der Waals surface area contributed by atoms with Crippen LogP contribution in [0.5, 0.6) is 0 Å². The topological polar surface area (TPSA) is 132 Å². The normalized spacial score (nSPS) is 18.4. The lowest BCUT2D eigenvalue weighted by Gasteiger charge is -2.36. The lowest BCUT2D eigenvalue weighted by Crippen LogP contribution is -2.45. The lowest BCUT2D eigenvalue weighted by atomic mass is 9.93. The molecule has 1 aliphatic carbocycles. The Balaban J connectivity index is 1.29. The fraction of sp³-hybridized carbons (Fsp3) is 0.303. The summed E-state index contributed by atoms with van der Waals surface area (Å²) < 4.78 is 1.93. The molecule has 2 aromatic heterocycles. The van der Waals surface area contributed by atoms with Crippen LogP contribution in [0.15, 0.2) is 85.3 Å². The van der Waals surface area contributed by atoms with Crippen LogP contribution in [0.1, 0.15) is 37.3 Å². The number of para-hydroxylation sites is 1. The van der Waals surface area contributed by atoms with E-state index in [-0.39, 0.29) is 24.1 Å². The molecule has 6 rings (SSSR count). The summed E-state index contributed by atoms with van der Waals surface area (Å²) in [6, 6.07) is 16.6. The summed E-state index contributed by atoms with van der Waals surface area (Å²) in [4.78, 5) is 41.3. The third-order valence-electron chi connectivity index (χ3n) is 7.88. The van der Waals surface area contributed by atoms with Crippen molar-refractivity contribution in [1.82, 2.24) is 24.6 Å².